The Labute approximate surface area is 89.1 Å². The van der Waals surface area contributed by atoms with Gasteiger partial charge in [0.05, 0.1) is 6.04 Å². The maximum absolute atomic E-state index is 13.2. The van der Waals surface area contributed by atoms with E-state index in [4.69, 9.17) is 0 Å². The molecule has 1 heterocycles. The van der Waals surface area contributed by atoms with Crippen LogP contribution in [-0.2, 0) is 6.42 Å². The number of nitrogens with zero attached hydrogens (tertiary/aromatic N) is 1. The molecule has 3 rings (SSSR count). The highest BCUT2D eigenvalue weighted by Crippen LogP contribution is 2.36. The van der Waals surface area contributed by atoms with Crippen molar-refractivity contribution < 1.29 is 4.39 Å². The highest BCUT2D eigenvalue weighted by Gasteiger charge is 2.37. The number of fused-ring (bicyclic) bond motifs is 3. The molecule has 0 radical (unpaired) electrons. The predicted octanol–water partition coefficient (Wildman–Crippen LogP) is 1.33. The number of rotatable bonds is 0. The van der Waals surface area contributed by atoms with Crippen molar-refractivity contribution in [2.45, 2.75) is 18.5 Å². The first-order chi connectivity index (χ1) is 7.25. The summed E-state index contributed by atoms with van der Waals surface area (Å²) >= 11 is 0. The van der Waals surface area contributed by atoms with E-state index in [1.54, 1.807) is 12.1 Å². The Morgan fingerprint density at radius 2 is 2.33 bits per heavy atom. The van der Waals surface area contributed by atoms with Gasteiger partial charge < -0.3 is 5.32 Å². The van der Waals surface area contributed by atoms with Crippen molar-refractivity contribution in [2.75, 3.05) is 20.1 Å². The molecule has 2 atom stereocenters. The average molecular weight is 206 g/mol. The summed E-state index contributed by atoms with van der Waals surface area (Å²) in [5.41, 5.74) is 2.47. The van der Waals surface area contributed by atoms with E-state index >= 15 is 0 Å². The summed E-state index contributed by atoms with van der Waals surface area (Å²) in [5.74, 6) is -0.117. The number of halogens is 1. The lowest BCUT2D eigenvalue weighted by molar-refractivity contribution is 0.163. The maximum atomic E-state index is 13.2. The molecule has 0 amide bonds. The molecular weight excluding hydrogens is 191 g/mol. The van der Waals surface area contributed by atoms with Crippen LogP contribution in [0.1, 0.15) is 17.2 Å². The highest BCUT2D eigenvalue weighted by molar-refractivity contribution is 5.38. The van der Waals surface area contributed by atoms with E-state index in [1.807, 2.05) is 6.07 Å². The second-order valence-electron chi connectivity index (χ2n) is 4.53. The van der Waals surface area contributed by atoms with Gasteiger partial charge in [0, 0.05) is 19.1 Å². The van der Waals surface area contributed by atoms with E-state index in [0.29, 0.717) is 12.1 Å². The van der Waals surface area contributed by atoms with Crippen molar-refractivity contribution in [3.63, 3.8) is 0 Å². The number of nitrogens with one attached hydrogen (secondary N) is 1. The number of likely N-dealkylation sites (N-methyl/N-ethyl adjacent to an activating group) is 1. The van der Waals surface area contributed by atoms with Crippen LogP contribution in [0.2, 0.25) is 0 Å². The molecule has 1 N–H and O–H groups in total. The van der Waals surface area contributed by atoms with Gasteiger partial charge in [-0.05, 0) is 36.7 Å². The van der Waals surface area contributed by atoms with E-state index < -0.39 is 0 Å². The molecule has 2 aliphatic rings. The van der Waals surface area contributed by atoms with Gasteiger partial charge in [-0.25, -0.2) is 4.39 Å². The fourth-order valence-corrected chi connectivity index (χ4v) is 2.89. The zero-order chi connectivity index (χ0) is 10.4. The van der Waals surface area contributed by atoms with Crippen LogP contribution in [0.5, 0.6) is 0 Å². The first-order valence-corrected chi connectivity index (χ1v) is 5.47. The highest BCUT2D eigenvalue weighted by atomic mass is 19.1. The van der Waals surface area contributed by atoms with Gasteiger partial charge in [-0.15, -0.1) is 0 Å². The number of hydrogen-bond donors (Lipinski definition) is 1. The van der Waals surface area contributed by atoms with Crippen LogP contribution in [0.15, 0.2) is 18.2 Å². The molecule has 1 aliphatic heterocycles. The Morgan fingerprint density at radius 1 is 1.47 bits per heavy atom. The normalized spacial score (nSPS) is 30.0. The van der Waals surface area contributed by atoms with E-state index in [0.717, 1.165) is 19.5 Å². The smallest absolute Gasteiger partial charge is 0.123 e. The van der Waals surface area contributed by atoms with Gasteiger partial charge in [0.15, 0.2) is 0 Å². The summed E-state index contributed by atoms with van der Waals surface area (Å²) in [6.07, 6.45) is 1.03. The van der Waals surface area contributed by atoms with Crippen LogP contribution < -0.4 is 5.32 Å². The third-order valence-corrected chi connectivity index (χ3v) is 3.59. The maximum Gasteiger partial charge on any atom is 0.123 e. The molecule has 1 saturated heterocycles. The molecule has 1 aromatic rings. The Kier molecular flexibility index (Phi) is 2.04. The lowest BCUT2D eigenvalue weighted by atomic mass is 10.0. The van der Waals surface area contributed by atoms with Crippen LogP contribution in [0.25, 0.3) is 0 Å². The van der Waals surface area contributed by atoms with Crippen LogP contribution >= 0.6 is 0 Å². The van der Waals surface area contributed by atoms with Crippen molar-refractivity contribution in [3.8, 4) is 0 Å². The SMILES string of the molecule is CN1CCNC2Cc3ccc(F)cc3C21. The monoisotopic (exact) mass is 206 g/mol. The number of piperazine rings is 1. The van der Waals surface area contributed by atoms with E-state index in [-0.39, 0.29) is 5.82 Å². The lowest BCUT2D eigenvalue weighted by Crippen LogP contribution is -2.49. The van der Waals surface area contributed by atoms with Crippen molar-refractivity contribution >= 4 is 0 Å². The molecule has 2 unspecified atom stereocenters. The van der Waals surface area contributed by atoms with E-state index in [9.17, 15) is 4.39 Å². The Balaban J connectivity index is 2.04. The van der Waals surface area contributed by atoms with Gasteiger partial charge in [0.2, 0.25) is 0 Å². The minimum absolute atomic E-state index is 0.117. The summed E-state index contributed by atoms with van der Waals surface area (Å²) < 4.78 is 13.2. The Bertz CT molecular complexity index is 391. The summed E-state index contributed by atoms with van der Waals surface area (Å²) in [7, 11) is 2.12. The molecule has 1 aliphatic carbocycles. The zero-order valence-electron chi connectivity index (χ0n) is 8.83. The molecule has 0 spiro atoms. The quantitative estimate of drug-likeness (QED) is 0.689. The summed E-state index contributed by atoms with van der Waals surface area (Å²) in [6, 6.07) is 6.03. The first-order valence-electron chi connectivity index (χ1n) is 5.47. The third kappa shape index (κ3) is 1.38. The van der Waals surface area contributed by atoms with Gasteiger partial charge in [-0.3, -0.25) is 4.90 Å². The molecule has 0 bridgehead atoms. The summed E-state index contributed by atoms with van der Waals surface area (Å²) in [5, 5.41) is 3.51. The molecule has 1 fully saturated rings. The molecular formula is C12H15FN2. The molecule has 80 valence electrons. The fraction of sp³-hybridized carbons (Fsp3) is 0.500. The number of benzene rings is 1. The van der Waals surface area contributed by atoms with Gasteiger partial charge in [-0.1, -0.05) is 6.07 Å². The van der Waals surface area contributed by atoms with E-state index in [2.05, 4.69) is 17.3 Å². The van der Waals surface area contributed by atoms with Gasteiger partial charge in [-0.2, -0.15) is 0 Å². The summed E-state index contributed by atoms with van der Waals surface area (Å²) in [4.78, 5) is 2.33. The van der Waals surface area contributed by atoms with Crippen LogP contribution in [-0.4, -0.2) is 31.1 Å². The first kappa shape index (κ1) is 9.31. The minimum atomic E-state index is -0.117. The molecule has 0 saturated carbocycles. The van der Waals surface area contributed by atoms with Crippen molar-refractivity contribution in [1.82, 2.24) is 10.2 Å². The topological polar surface area (TPSA) is 15.3 Å². The van der Waals surface area contributed by atoms with Crippen LogP contribution in [0.4, 0.5) is 4.39 Å². The average Bonchev–Trinajstić information content (AvgIpc) is 2.57. The van der Waals surface area contributed by atoms with E-state index in [1.165, 1.54) is 11.1 Å². The Hall–Kier alpha value is -0.930. The molecule has 1 aromatic carbocycles. The van der Waals surface area contributed by atoms with Crippen LogP contribution in [0, 0.1) is 5.82 Å². The van der Waals surface area contributed by atoms with Gasteiger partial charge in [0.25, 0.3) is 0 Å². The van der Waals surface area contributed by atoms with Crippen molar-refractivity contribution in [1.29, 1.82) is 0 Å². The fourth-order valence-electron chi connectivity index (χ4n) is 2.89. The van der Waals surface area contributed by atoms with Gasteiger partial charge >= 0.3 is 0 Å². The van der Waals surface area contributed by atoms with Crippen molar-refractivity contribution in [2.24, 2.45) is 0 Å². The minimum Gasteiger partial charge on any atom is -0.310 e. The molecule has 3 heteroatoms. The molecule has 15 heavy (non-hydrogen) atoms. The second kappa shape index (κ2) is 3.29. The number of hydrogen-bond acceptors (Lipinski definition) is 2. The van der Waals surface area contributed by atoms with Gasteiger partial charge in [0.1, 0.15) is 5.82 Å². The predicted molar refractivity (Wildman–Crippen MR) is 57.3 cm³/mol. The molecule has 2 nitrogen and oxygen atoms in total. The zero-order valence-corrected chi connectivity index (χ0v) is 8.83. The second-order valence-corrected chi connectivity index (χ2v) is 4.53. The summed E-state index contributed by atoms with van der Waals surface area (Å²) in [6.45, 7) is 2.07. The van der Waals surface area contributed by atoms with Crippen LogP contribution in [0.3, 0.4) is 0 Å². The largest absolute Gasteiger partial charge is 0.310 e. The Morgan fingerprint density at radius 3 is 3.20 bits per heavy atom. The van der Waals surface area contributed by atoms with Crippen molar-refractivity contribution in [3.05, 3.63) is 35.1 Å². The lowest BCUT2D eigenvalue weighted by Gasteiger charge is -2.36. The standard InChI is InChI=1S/C12H15FN2/c1-15-5-4-14-11-6-8-2-3-9(13)7-10(8)12(11)15/h2-3,7,11-12,14H,4-6H2,1H3. The molecule has 0 aromatic heterocycles. The third-order valence-electron chi connectivity index (χ3n) is 3.59.